The first kappa shape index (κ1) is 32.6. The number of ether oxygens (including phenoxy) is 1. The van der Waals surface area contributed by atoms with Crippen LogP contribution in [0.15, 0.2) is 48.7 Å². The van der Waals surface area contributed by atoms with Crippen LogP contribution in [-0.4, -0.2) is 86.1 Å². The Morgan fingerprint density at radius 1 is 0.949 bits per heavy atom. The van der Waals surface area contributed by atoms with Crippen molar-refractivity contribution in [3.63, 3.8) is 0 Å². The van der Waals surface area contributed by atoms with Crippen molar-refractivity contribution in [2.24, 2.45) is 0 Å². The van der Waals surface area contributed by atoms with E-state index in [0.717, 1.165) is 46.3 Å². The van der Waals surface area contributed by atoms with Crippen LogP contribution in [0.5, 0.6) is 5.75 Å². The van der Waals surface area contributed by atoms with Gasteiger partial charge in [0.1, 0.15) is 17.5 Å². The molecular formula is C26H40N4O7S2. The van der Waals surface area contributed by atoms with Gasteiger partial charge in [-0.3, -0.25) is 4.18 Å². The van der Waals surface area contributed by atoms with Gasteiger partial charge in [-0.25, -0.2) is 8.42 Å². The van der Waals surface area contributed by atoms with Crippen molar-refractivity contribution in [3.8, 4) is 5.75 Å². The average molecular weight is 585 g/mol. The van der Waals surface area contributed by atoms with Crippen LogP contribution in [0, 0.1) is 0 Å². The largest absolute Gasteiger partial charge is 0.748 e. The summed E-state index contributed by atoms with van der Waals surface area (Å²) in [4.78, 5) is 0. The van der Waals surface area contributed by atoms with Crippen molar-refractivity contribution in [1.29, 1.82) is 0 Å². The Morgan fingerprint density at radius 3 is 2.18 bits per heavy atom. The van der Waals surface area contributed by atoms with Gasteiger partial charge in [-0.05, 0) is 50.1 Å². The van der Waals surface area contributed by atoms with E-state index in [0.29, 0.717) is 32.1 Å². The lowest BCUT2D eigenvalue weighted by Gasteiger charge is -2.42. The molecule has 0 fully saturated rings. The molecule has 39 heavy (non-hydrogen) atoms. The monoisotopic (exact) mass is 584 g/mol. The number of quaternary nitrogens is 1. The number of nitrogens with zero attached hydrogens (tertiary/aromatic N) is 3. The summed E-state index contributed by atoms with van der Waals surface area (Å²) in [5.41, 5.74) is 0.884. The van der Waals surface area contributed by atoms with E-state index in [-0.39, 0.29) is 18.4 Å². The Hall–Kier alpha value is -2.58. The summed E-state index contributed by atoms with van der Waals surface area (Å²) in [6.07, 6.45) is 4.06. The Labute approximate surface area is 232 Å². The zero-order valence-corrected chi connectivity index (χ0v) is 24.7. The van der Waals surface area contributed by atoms with Crippen LogP contribution in [-0.2, 0) is 24.4 Å². The van der Waals surface area contributed by atoms with Crippen molar-refractivity contribution < 1.29 is 34.8 Å². The van der Waals surface area contributed by atoms with E-state index in [1.54, 1.807) is 6.20 Å². The zero-order valence-electron chi connectivity index (χ0n) is 23.1. The minimum absolute atomic E-state index is 0.00989. The van der Waals surface area contributed by atoms with E-state index in [2.05, 4.69) is 42.2 Å². The first-order valence-corrected chi connectivity index (χ1v) is 16.4. The Balaban J connectivity index is 0.000000976. The van der Waals surface area contributed by atoms with Crippen LogP contribution in [0.2, 0.25) is 0 Å². The molecule has 1 atom stereocenters. The fourth-order valence-electron chi connectivity index (χ4n) is 4.61. The Kier molecular flexibility index (Phi) is 12.8. The van der Waals surface area contributed by atoms with Crippen molar-refractivity contribution in [3.05, 3.63) is 54.4 Å². The minimum Gasteiger partial charge on any atom is -0.748 e. The molecule has 2 aromatic carbocycles. The highest BCUT2D eigenvalue weighted by atomic mass is 32.2. The highest BCUT2D eigenvalue weighted by molar-refractivity contribution is 7.86. The number of benzene rings is 2. The maximum absolute atomic E-state index is 12.4. The van der Waals surface area contributed by atoms with Gasteiger partial charge in [0.15, 0.2) is 0 Å². The normalized spacial score (nSPS) is 13.1. The highest BCUT2D eigenvalue weighted by Gasteiger charge is 2.35. The maximum Gasteiger partial charge on any atom is 0.267 e. The molecule has 1 N–H and O–H groups in total. The fourth-order valence-corrected chi connectivity index (χ4v) is 5.62. The average Bonchev–Trinajstić information content (AvgIpc) is 3.42. The van der Waals surface area contributed by atoms with E-state index in [4.69, 9.17) is 21.9 Å². The molecule has 3 aromatic rings. The Bertz CT molecular complexity index is 1330. The highest BCUT2D eigenvalue weighted by Crippen LogP contribution is 2.31. The number of aromatic nitrogens is 3. The van der Waals surface area contributed by atoms with Crippen molar-refractivity contribution in [2.75, 3.05) is 44.9 Å². The predicted octanol–water partition coefficient (Wildman–Crippen LogP) is 3.63. The summed E-state index contributed by atoms with van der Waals surface area (Å²) in [5.74, 6) is 0.758. The summed E-state index contributed by atoms with van der Waals surface area (Å²) in [6, 6.07) is 14.1. The number of aromatic amines is 1. The number of fused-ring (bicyclic) bond motifs is 1. The lowest BCUT2D eigenvalue weighted by molar-refractivity contribution is -0.953. The van der Waals surface area contributed by atoms with Gasteiger partial charge in [0.25, 0.3) is 10.1 Å². The van der Waals surface area contributed by atoms with Gasteiger partial charge < -0.3 is 13.8 Å². The van der Waals surface area contributed by atoms with E-state index in [1.807, 2.05) is 36.4 Å². The van der Waals surface area contributed by atoms with Crippen LogP contribution in [0.4, 0.5) is 0 Å². The van der Waals surface area contributed by atoms with Gasteiger partial charge in [-0.1, -0.05) is 30.3 Å². The molecule has 1 heterocycles. The molecule has 0 aliphatic carbocycles. The summed E-state index contributed by atoms with van der Waals surface area (Å²) < 4.78 is 63.9. The molecule has 13 heteroatoms. The van der Waals surface area contributed by atoms with Crippen LogP contribution >= 0.6 is 0 Å². The number of H-pyrrole nitrogens is 1. The minimum atomic E-state index is -3.92. The summed E-state index contributed by atoms with van der Waals surface area (Å²) in [7, 11) is -7.51. The second-order valence-electron chi connectivity index (χ2n) is 9.22. The van der Waals surface area contributed by atoms with Gasteiger partial charge >= 0.3 is 0 Å². The molecule has 218 valence electrons. The van der Waals surface area contributed by atoms with Crippen molar-refractivity contribution in [2.45, 2.75) is 46.1 Å². The second-order valence-corrected chi connectivity index (χ2v) is 12.4. The number of hydrogen-bond donors (Lipinski definition) is 1. The van der Waals surface area contributed by atoms with E-state index < -0.39 is 20.2 Å². The predicted molar refractivity (Wildman–Crippen MR) is 150 cm³/mol. The summed E-state index contributed by atoms with van der Waals surface area (Å²) >= 11 is 0. The molecular weight excluding hydrogens is 544 g/mol. The second kappa shape index (κ2) is 15.3. The Morgan fingerprint density at radius 2 is 1.59 bits per heavy atom. The third-order valence-corrected chi connectivity index (χ3v) is 8.05. The first-order valence-electron chi connectivity index (χ1n) is 13.0. The van der Waals surface area contributed by atoms with Crippen LogP contribution < -0.4 is 4.74 Å². The number of rotatable bonds is 15. The van der Waals surface area contributed by atoms with Crippen LogP contribution in [0.3, 0.4) is 0 Å². The van der Waals surface area contributed by atoms with E-state index in [9.17, 15) is 8.42 Å². The lowest BCUT2D eigenvalue weighted by Crippen LogP contribution is -2.50. The number of nitrogens with one attached hydrogen (secondary N) is 1. The smallest absolute Gasteiger partial charge is 0.267 e. The van der Waals surface area contributed by atoms with Crippen molar-refractivity contribution >= 4 is 31.0 Å². The fraction of sp³-hybridized carbons (Fsp3) is 0.538. The molecule has 0 radical (unpaired) electrons. The van der Waals surface area contributed by atoms with Gasteiger partial charge in [0.2, 0.25) is 0 Å². The van der Waals surface area contributed by atoms with E-state index in [1.165, 1.54) is 0 Å². The molecule has 0 saturated carbocycles. The topological polar surface area (TPSA) is 151 Å². The summed E-state index contributed by atoms with van der Waals surface area (Å²) in [6.45, 7) is 9.86. The molecule has 0 saturated heterocycles. The van der Waals surface area contributed by atoms with E-state index >= 15 is 0 Å². The molecule has 0 spiro atoms. The molecule has 0 bridgehead atoms. The molecule has 1 aromatic heterocycles. The summed E-state index contributed by atoms with van der Waals surface area (Å²) in [5, 5.41) is 13.2. The molecule has 1 unspecified atom stereocenters. The van der Waals surface area contributed by atoms with Crippen LogP contribution in [0.1, 0.15) is 51.8 Å². The third-order valence-electron chi connectivity index (χ3n) is 6.74. The molecule has 0 aliphatic rings. The number of hydrogen-bond acceptors (Lipinski definition) is 9. The zero-order chi connectivity index (χ0) is 28.9. The molecule has 0 aliphatic heterocycles. The standard InChI is InChI=1S/C25H37N4O4S.CH4O3S/c1-4-29(5-2,6-3)25(24-20-26-28-27-24)13-9-18-34(30,31)33-17-10-16-32-23-15-14-21-11-7-8-12-22(21)19-23;1-5(2,3)4/h7-8,11-12,14-15,19-20,25H,4-6,9-10,13,16-18H2,1-3H3,(H,26,27,28);1H3,(H,2,3,4)/q+1;/p-1. The lowest BCUT2D eigenvalue weighted by atomic mass is 10.0. The van der Waals surface area contributed by atoms with Crippen molar-refractivity contribution in [1.82, 2.24) is 15.4 Å². The molecule has 3 rings (SSSR count). The maximum atomic E-state index is 12.4. The quantitative estimate of drug-likeness (QED) is 0.122. The molecule has 11 nitrogen and oxygen atoms in total. The van der Waals surface area contributed by atoms with Crippen LogP contribution in [0.25, 0.3) is 10.8 Å². The first-order chi connectivity index (χ1) is 18.4. The van der Waals surface area contributed by atoms with Gasteiger partial charge in [0.05, 0.1) is 54.9 Å². The van der Waals surface area contributed by atoms with Gasteiger partial charge in [-0.15, -0.1) is 0 Å². The SMILES string of the molecule is CC[N+](CC)(CC)C(CCCS(=O)(=O)OCCCOc1ccc2ccccc2c1)c1cn[nH]n1.CS(=O)(=O)[O-]. The third kappa shape index (κ3) is 11.2. The van der Waals surface area contributed by atoms with Gasteiger partial charge in [0, 0.05) is 19.1 Å². The van der Waals surface area contributed by atoms with Gasteiger partial charge in [-0.2, -0.15) is 23.8 Å². The molecule has 0 amide bonds.